The molecule has 0 atom stereocenters. The van der Waals surface area contributed by atoms with Crippen molar-refractivity contribution in [2.24, 2.45) is 0 Å². The molecule has 0 fully saturated rings. The van der Waals surface area contributed by atoms with Crippen LogP contribution in [-0.4, -0.2) is 17.9 Å². The van der Waals surface area contributed by atoms with Gasteiger partial charge in [-0.3, -0.25) is 0 Å². The van der Waals surface area contributed by atoms with E-state index in [0.29, 0.717) is 12.2 Å². The molecule has 0 saturated heterocycles. The highest BCUT2D eigenvalue weighted by Gasteiger charge is 2.04. The van der Waals surface area contributed by atoms with E-state index in [1.165, 1.54) is 0 Å². The van der Waals surface area contributed by atoms with Crippen LogP contribution >= 0.6 is 15.9 Å². The summed E-state index contributed by atoms with van der Waals surface area (Å²) < 4.78 is 5.00. The number of alkyl halides is 1. The second kappa shape index (κ2) is 5.75. The first-order valence-electron chi connectivity index (χ1n) is 4.12. The molecule has 0 saturated carbocycles. The zero-order valence-corrected chi connectivity index (χ0v) is 8.79. The third kappa shape index (κ3) is 3.59. The van der Waals surface area contributed by atoms with Gasteiger partial charge in [0, 0.05) is 5.33 Å². The molecule has 0 aliphatic rings. The fourth-order valence-corrected chi connectivity index (χ4v) is 1.11. The highest BCUT2D eigenvalue weighted by molar-refractivity contribution is 9.09. The first-order valence-corrected chi connectivity index (χ1v) is 5.25. The highest BCUT2D eigenvalue weighted by atomic mass is 79.9. The van der Waals surface area contributed by atoms with E-state index in [2.05, 4.69) is 15.9 Å². The lowest BCUT2D eigenvalue weighted by Crippen LogP contribution is -2.06. The number of benzene rings is 1. The molecule has 0 aliphatic carbocycles. The van der Waals surface area contributed by atoms with Crippen molar-refractivity contribution in [2.45, 2.75) is 6.42 Å². The summed E-state index contributed by atoms with van der Waals surface area (Å²) in [6.45, 7) is 0.471. The van der Waals surface area contributed by atoms with Crippen LogP contribution in [0.5, 0.6) is 0 Å². The number of esters is 1. The fraction of sp³-hybridized carbons (Fsp3) is 0.300. The molecule has 0 bridgehead atoms. The van der Waals surface area contributed by atoms with Crippen LogP contribution in [0.1, 0.15) is 16.8 Å². The Bertz CT molecular complexity index is 259. The zero-order chi connectivity index (χ0) is 9.52. The Hall–Kier alpha value is -0.830. The van der Waals surface area contributed by atoms with Crippen LogP contribution in [0, 0.1) is 0 Å². The Morgan fingerprint density at radius 2 is 2.00 bits per heavy atom. The lowest BCUT2D eigenvalue weighted by atomic mass is 10.2. The van der Waals surface area contributed by atoms with Crippen molar-refractivity contribution in [1.82, 2.24) is 0 Å². The van der Waals surface area contributed by atoms with Crippen LogP contribution in [0.3, 0.4) is 0 Å². The van der Waals surface area contributed by atoms with Crippen molar-refractivity contribution in [3.8, 4) is 0 Å². The molecule has 0 radical (unpaired) electrons. The zero-order valence-electron chi connectivity index (χ0n) is 7.20. The van der Waals surface area contributed by atoms with Crippen LogP contribution in [0.2, 0.25) is 0 Å². The van der Waals surface area contributed by atoms with E-state index in [9.17, 15) is 4.79 Å². The van der Waals surface area contributed by atoms with E-state index in [1.54, 1.807) is 12.1 Å². The Balaban J connectivity index is 2.40. The van der Waals surface area contributed by atoms with E-state index < -0.39 is 0 Å². The summed E-state index contributed by atoms with van der Waals surface area (Å²) in [6.07, 6.45) is 0.846. The van der Waals surface area contributed by atoms with Gasteiger partial charge < -0.3 is 4.74 Å². The van der Waals surface area contributed by atoms with Crippen molar-refractivity contribution < 1.29 is 9.53 Å². The minimum absolute atomic E-state index is 0.249. The number of carbonyl (C=O) groups is 1. The first-order chi connectivity index (χ1) is 6.34. The number of halogens is 1. The second-order valence-electron chi connectivity index (χ2n) is 2.54. The molecule has 0 heterocycles. The van der Waals surface area contributed by atoms with E-state index in [0.717, 1.165) is 11.8 Å². The van der Waals surface area contributed by atoms with Gasteiger partial charge in [0.05, 0.1) is 12.2 Å². The van der Waals surface area contributed by atoms with Gasteiger partial charge in [0.25, 0.3) is 0 Å². The molecule has 0 spiro atoms. The summed E-state index contributed by atoms with van der Waals surface area (Å²) in [5.74, 6) is -0.249. The first kappa shape index (κ1) is 10.3. The maximum Gasteiger partial charge on any atom is 0.338 e. The summed E-state index contributed by atoms with van der Waals surface area (Å²) in [5.41, 5.74) is 0.608. The lowest BCUT2D eigenvalue weighted by molar-refractivity contribution is 0.0506. The third-order valence-corrected chi connectivity index (χ3v) is 2.08. The van der Waals surface area contributed by atoms with Crippen molar-refractivity contribution in [2.75, 3.05) is 11.9 Å². The van der Waals surface area contributed by atoms with Crippen molar-refractivity contribution in [3.63, 3.8) is 0 Å². The number of hydrogen-bond acceptors (Lipinski definition) is 2. The molecule has 0 unspecified atom stereocenters. The summed E-state index contributed by atoms with van der Waals surface area (Å²) in [6, 6.07) is 9.00. The molecule has 1 aromatic carbocycles. The minimum atomic E-state index is -0.249. The van der Waals surface area contributed by atoms with Gasteiger partial charge in [-0.2, -0.15) is 0 Å². The van der Waals surface area contributed by atoms with Crippen molar-refractivity contribution in [3.05, 3.63) is 35.9 Å². The summed E-state index contributed by atoms with van der Waals surface area (Å²) in [7, 11) is 0. The Labute approximate surface area is 86.0 Å². The number of carbonyl (C=O) groups excluding carboxylic acids is 1. The van der Waals surface area contributed by atoms with Crippen LogP contribution in [0.25, 0.3) is 0 Å². The van der Waals surface area contributed by atoms with E-state index >= 15 is 0 Å². The van der Waals surface area contributed by atoms with Crippen LogP contribution < -0.4 is 0 Å². The molecule has 0 aromatic heterocycles. The van der Waals surface area contributed by atoms with Crippen molar-refractivity contribution >= 4 is 21.9 Å². The largest absolute Gasteiger partial charge is 0.462 e. The molecule has 70 valence electrons. The van der Waals surface area contributed by atoms with Gasteiger partial charge in [0.15, 0.2) is 0 Å². The molecule has 3 heteroatoms. The Morgan fingerprint density at radius 3 is 2.62 bits per heavy atom. The molecular formula is C10H11BrO2. The van der Waals surface area contributed by atoms with E-state index in [1.807, 2.05) is 18.2 Å². The maximum atomic E-state index is 11.3. The average molecular weight is 243 g/mol. The van der Waals surface area contributed by atoms with Crippen LogP contribution in [0.4, 0.5) is 0 Å². The number of ether oxygens (including phenoxy) is 1. The highest BCUT2D eigenvalue weighted by Crippen LogP contribution is 2.01. The van der Waals surface area contributed by atoms with Gasteiger partial charge in [0.1, 0.15) is 0 Å². The van der Waals surface area contributed by atoms with Gasteiger partial charge in [-0.1, -0.05) is 34.1 Å². The SMILES string of the molecule is O=C(OCCCBr)c1ccccc1. The van der Waals surface area contributed by atoms with Gasteiger partial charge in [-0.25, -0.2) is 4.79 Å². The normalized spacial score (nSPS) is 9.62. The average Bonchev–Trinajstić information content (AvgIpc) is 2.19. The van der Waals surface area contributed by atoms with Gasteiger partial charge in [-0.15, -0.1) is 0 Å². The summed E-state index contributed by atoms with van der Waals surface area (Å²) in [4.78, 5) is 11.3. The topological polar surface area (TPSA) is 26.3 Å². The molecule has 1 aromatic rings. The maximum absolute atomic E-state index is 11.3. The molecule has 1 rings (SSSR count). The van der Waals surface area contributed by atoms with E-state index in [4.69, 9.17) is 4.74 Å². The number of rotatable bonds is 4. The van der Waals surface area contributed by atoms with E-state index in [-0.39, 0.29) is 5.97 Å². The monoisotopic (exact) mass is 242 g/mol. The van der Waals surface area contributed by atoms with Crippen molar-refractivity contribution in [1.29, 1.82) is 0 Å². The van der Waals surface area contributed by atoms with Gasteiger partial charge >= 0.3 is 5.97 Å². The third-order valence-electron chi connectivity index (χ3n) is 1.52. The lowest BCUT2D eigenvalue weighted by Gasteiger charge is -2.02. The molecule has 2 nitrogen and oxygen atoms in total. The molecule has 0 amide bonds. The van der Waals surface area contributed by atoms with Gasteiger partial charge in [0.2, 0.25) is 0 Å². The predicted molar refractivity (Wildman–Crippen MR) is 55.1 cm³/mol. The van der Waals surface area contributed by atoms with Crippen LogP contribution in [-0.2, 0) is 4.74 Å². The molecule has 0 N–H and O–H groups in total. The molecular weight excluding hydrogens is 232 g/mol. The predicted octanol–water partition coefficient (Wildman–Crippen LogP) is 2.63. The quantitative estimate of drug-likeness (QED) is 0.461. The van der Waals surface area contributed by atoms with Gasteiger partial charge in [-0.05, 0) is 18.6 Å². The smallest absolute Gasteiger partial charge is 0.338 e. The Kier molecular flexibility index (Phi) is 4.54. The summed E-state index contributed by atoms with van der Waals surface area (Å²) >= 11 is 3.26. The standard InChI is InChI=1S/C10H11BrO2/c11-7-4-8-13-10(12)9-5-2-1-3-6-9/h1-3,5-6H,4,7-8H2. The molecule has 13 heavy (non-hydrogen) atoms. The second-order valence-corrected chi connectivity index (χ2v) is 3.34. The minimum Gasteiger partial charge on any atom is -0.462 e. The molecule has 0 aliphatic heterocycles. The number of hydrogen-bond donors (Lipinski definition) is 0. The Morgan fingerprint density at radius 1 is 1.31 bits per heavy atom. The fourth-order valence-electron chi connectivity index (χ4n) is 0.877. The summed E-state index contributed by atoms with van der Waals surface area (Å²) in [5, 5.41) is 0.856. The van der Waals surface area contributed by atoms with Crippen LogP contribution in [0.15, 0.2) is 30.3 Å².